The number of halogens is 1. The Morgan fingerprint density at radius 3 is 2.53 bits per heavy atom. The second kappa shape index (κ2) is 9.56. The minimum atomic E-state index is -0.563. The molecule has 1 saturated carbocycles. The Morgan fingerprint density at radius 2 is 1.81 bits per heavy atom. The zero-order valence-electron chi connectivity index (χ0n) is 20.4. The first-order valence-electron chi connectivity index (χ1n) is 12.1. The van der Waals surface area contributed by atoms with E-state index in [0.717, 1.165) is 43.4 Å². The van der Waals surface area contributed by atoms with Gasteiger partial charge in [-0.2, -0.15) is 0 Å². The summed E-state index contributed by atoms with van der Waals surface area (Å²) in [5, 5.41) is 9.97. The van der Waals surface area contributed by atoms with Crippen LogP contribution in [0.5, 0.6) is 0 Å². The van der Waals surface area contributed by atoms with Gasteiger partial charge in [0.15, 0.2) is 0 Å². The van der Waals surface area contributed by atoms with E-state index < -0.39 is 11.7 Å². The number of nitrogens with zero attached hydrogens (tertiary/aromatic N) is 2. The van der Waals surface area contributed by atoms with Gasteiger partial charge in [0.1, 0.15) is 17.3 Å². The zero-order chi connectivity index (χ0) is 25.4. The zero-order valence-corrected chi connectivity index (χ0v) is 20.4. The second-order valence-electron chi connectivity index (χ2n) is 9.30. The molecule has 0 radical (unpaired) electrons. The number of rotatable bonds is 5. The summed E-state index contributed by atoms with van der Waals surface area (Å²) in [7, 11) is 0. The summed E-state index contributed by atoms with van der Waals surface area (Å²) in [6.07, 6.45) is 4.73. The molecule has 0 bridgehead atoms. The van der Waals surface area contributed by atoms with E-state index in [1.54, 1.807) is 13.0 Å². The van der Waals surface area contributed by atoms with E-state index in [4.69, 9.17) is 8.94 Å². The van der Waals surface area contributed by atoms with Gasteiger partial charge in [-0.3, -0.25) is 9.59 Å². The van der Waals surface area contributed by atoms with Crippen molar-refractivity contribution < 1.29 is 22.9 Å². The second-order valence-corrected chi connectivity index (χ2v) is 9.30. The van der Waals surface area contributed by atoms with Gasteiger partial charge >= 0.3 is 0 Å². The van der Waals surface area contributed by atoms with Crippen molar-refractivity contribution >= 4 is 34.3 Å². The van der Waals surface area contributed by atoms with Gasteiger partial charge in [-0.25, -0.2) is 9.37 Å². The SMILES string of the molecule is Cc1cc(-c2cc(C(=O)Nc3ccc(F)c(NC(=O)C4CCCCC4)c3)c3c(C)noc3n2)c(C)o1. The number of hydrogen-bond acceptors (Lipinski definition) is 6. The highest BCUT2D eigenvalue weighted by Gasteiger charge is 2.23. The lowest BCUT2D eigenvalue weighted by atomic mass is 9.88. The van der Waals surface area contributed by atoms with Crippen LogP contribution in [0.3, 0.4) is 0 Å². The summed E-state index contributed by atoms with van der Waals surface area (Å²) in [6, 6.07) is 7.61. The highest BCUT2D eigenvalue weighted by atomic mass is 19.1. The summed E-state index contributed by atoms with van der Waals surface area (Å²) in [5.74, 6) is 0.0717. The molecule has 3 aromatic heterocycles. The maximum absolute atomic E-state index is 14.5. The van der Waals surface area contributed by atoms with Crippen LogP contribution >= 0.6 is 0 Å². The minimum Gasteiger partial charge on any atom is -0.466 e. The summed E-state index contributed by atoms with van der Waals surface area (Å²) in [5.41, 5.74) is 2.70. The van der Waals surface area contributed by atoms with Crippen molar-refractivity contribution in [3.05, 3.63) is 58.9 Å². The fourth-order valence-corrected chi connectivity index (χ4v) is 4.79. The van der Waals surface area contributed by atoms with Crippen LogP contribution in [0.25, 0.3) is 22.4 Å². The van der Waals surface area contributed by atoms with E-state index in [1.807, 2.05) is 19.9 Å². The molecule has 5 rings (SSSR count). The first-order valence-corrected chi connectivity index (χ1v) is 12.1. The minimum absolute atomic E-state index is 0.0367. The maximum atomic E-state index is 14.5. The van der Waals surface area contributed by atoms with E-state index >= 15 is 0 Å². The molecule has 0 spiro atoms. The Balaban J connectivity index is 1.44. The number of furan rings is 1. The summed E-state index contributed by atoms with van der Waals surface area (Å²) >= 11 is 0. The third-order valence-electron chi connectivity index (χ3n) is 6.64. The van der Waals surface area contributed by atoms with Crippen LogP contribution < -0.4 is 10.6 Å². The van der Waals surface area contributed by atoms with Crippen molar-refractivity contribution in [1.82, 2.24) is 10.1 Å². The molecule has 1 aromatic carbocycles. The summed E-state index contributed by atoms with van der Waals surface area (Å²) in [4.78, 5) is 30.6. The van der Waals surface area contributed by atoms with Crippen LogP contribution in [0.15, 0.2) is 39.3 Å². The van der Waals surface area contributed by atoms with Gasteiger partial charge in [0, 0.05) is 17.2 Å². The van der Waals surface area contributed by atoms with Gasteiger partial charge in [-0.05, 0) is 63.9 Å². The number of benzene rings is 1. The predicted octanol–water partition coefficient (Wildman–Crippen LogP) is 6.32. The topological polar surface area (TPSA) is 110 Å². The van der Waals surface area contributed by atoms with Gasteiger partial charge in [-0.1, -0.05) is 24.4 Å². The number of hydrogen-bond donors (Lipinski definition) is 2. The highest BCUT2D eigenvalue weighted by molar-refractivity contribution is 6.13. The molecule has 2 N–H and O–H groups in total. The largest absolute Gasteiger partial charge is 0.466 e. The fraction of sp³-hybridized carbons (Fsp3) is 0.333. The van der Waals surface area contributed by atoms with Gasteiger partial charge in [0.2, 0.25) is 5.91 Å². The van der Waals surface area contributed by atoms with Crippen LogP contribution in [-0.2, 0) is 4.79 Å². The highest BCUT2D eigenvalue weighted by Crippen LogP contribution is 2.31. The van der Waals surface area contributed by atoms with E-state index in [0.29, 0.717) is 33.8 Å². The van der Waals surface area contributed by atoms with Crippen LogP contribution in [0, 0.1) is 32.5 Å². The standard InChI is InChI=1S/C27H27FN4O4/c1-14-11-19(16(3)35-14)22-13-20(24-15(2)32-36-27(24)31-22)26(34)29-18-9-10-21(28)23(12-18)30-25(33)17-7-5-4-6-8-17/h9-13,17H,4-8H2,1-3H3,(H,29,34)(H,30,33). The number of aryl methyl sites for hydroxylation is 3. The number of anilines is 2. The molecule has 0 saturated heterocycles. The molecule has 8 nitrogen and oxygen atoms in total. The third kappa shape index (κ3) is 4.60. The number of aromatic nitrogens is 2. The van der Waals surface area contributed by atoms with Gasteiger partial charge in [0.25, 0.3) is 11.6 Å². The molecular weight excluding hydrogens is 463 g/mol. The van der Waals surface area contributed by atoms with Gasteiger partial charge in [0.05, 0.1) is 28.0 Å². The number of fused-ring (bicyclic) bond motifs is 1. The van der Waals surface area contributed by atoms with Crippen molar-refractivity contribution in [1.29, 1.82) is 0 Å². The number of amides is 2. The van der Waals surface area contributed by atoms with Crippen LogP contribution in [-0.4, -0.2) is 22.0 Å². The molecule has 1 aliphatic rings. The van der Waals surface area contributed by atoms with Crippen molar-refractivity contribution in [2.24, 2.45) is 5.92 Å². The maximum Gasteiger partial charge on any atom is 0.259 e. The van der Waals surface area contributed by atoms with Crippen LogP contribution in [0.2, 0.25) is 0 Å². The first-order chi connectivity index (χ1) is 17.3. The Kier molecular flexibility index (Phi) is 6.30. The lowest BCUT2D eigenvalue weighted by Crippen LogP contribution is -2.25. The molecule has 0 unspecified atom stereocenters. The lowest BCUT2D eigenvalue weighted by molar-refractivity contribution is -0.120. The van der Waals surface area contributed by atoms with Gasteiger partial charge in [-0.15, -0.1) is 0 Å². The number of pyridine rings is 1. The van der Waals surface area contributed by atoms with Crippen molar-refractivity contribution in [2.75, 3.05) is 10.6 Å². The summed E-state index contributed by atoms with van der Waals surface area (Å²) in [6.45, 7) is 5.38. The molecule has 3 heterocycles. The molecule has 36 heavy (non-hydrogen) atoms. The quantitative estimate of drug-likeness (QED) is 0.339. The molecule has 1 aliphatic carbocycles. The molecule has 4 aromatic rings. The fourth-order valence-electron chi connectivity index (χ4n) is 4.79. The normalized spacial score (nSPS) is 14.2. The summed E-state index contributed by atoms with van der Waals surface area (Å²) < 4.78 is 25.5. The average molecular weight is 491 g/mol. The number of carbonyl (C=O) groups excluding carboxylic acids is 2. The van der Waals surface area contributed by atoms with Crippen molar-refractivity contribution in [3.8, 4) is 11.3 Å². The Hall–Kier alpha value is -4.01. The molecule has 2 amide bonds. The number of carbonyl (C=O) groups is 2. The molecule has 9 heteroatoms. The molecule has 1 fully saturated rings. The van der Waals surface area contributed by atoms with Crippen LogP contribution in [0.4, 0.5) is 15.8 Å². The third-order valence-corrected chi connectivity index (χ3v) is 6.64. The molecular formula is C27H27FN4O4. The van der Waals surface area contributed by atoms with Gasteiger partial charge < -0.3 is 19.6 Å². The monoisotopic (exact) mass is 490 g/mol. The Labute approximate surface area is 207 Å². The molecule has 0 atom stereocenters. The molecule has 0 aliphatic heterocycles. The average Bonchev–Trinajstić information content (AvgIpc) is 3.41. The van der Waals surface area contributed by atoms with E-state index in [1.165, 1.54) is 18.2 Å². The Bertz CT molecular complexity index is 1470. The van der Waals surface area contributed by atoms with E-state index in [9.17, 15) is 14.0 Å². The smallest absolute Gasteiger partial charge is 0.259 e. The first kappa shape index (κ1) is 23.7. The predicted molar refractivity (Wildman–Crippen MR) is 133 cm³/mol. The Morgan fingerprint density at radius 1 is 1.03 bits per heavy atom. The van der Waals surface area contributed by atoms with E-state index in [-0.39, 0.29) is 23.2 Å². The van der Waals surface area contributed by atoms with Crippen LogP contribution in [0.1, 0.15) is 59.7 Å². The number of nitrogens with one attached hydrogen (secondary N) is 2. The van der Waals surface area contributed by atoms with Crippen molar-refractivity contribution in [3.63, 3.8) is 0 Å². The lowest BCUT2D eigenvalue weighted by Gasteiger charge is -2.21. The molecule has 186 valence electrons. The van der Waals surface area contributed by atoms with Crippen molar-refractivity contribution in [2.45, 2.75) is 52.9 Å². The van der Waals surface area contributed by atoms with E-state index in [2.05, 4.69) is 20.8 Å².